The second-order valence-electron chi connectivity index (χ2n) is 3.98. The Hall–Kier alpha value is -2.46. The van der Waals surface area contributed by atoms with Crippen molar-refractivity contribution in [2.75, 3.05) is 6.54 Å². The fourth-order valence-corrected chi connectivity index (χ4v) is 2.75. The molecular formula is C12H8N2O6S2. The monoisotopic (exact) mass is 340 g/mol. The maximum absolute atomic E-state index is 11.9. The van der Waals surface area contributed by atoms with Crippen LogP contribution in [0.25, 0.3) is 6.08 Å². The molecule has 1 N–H and O–H groups in total. The van der Waals surface area contributed by atoms with Gasteiger partial charge in [-0.05, 0) is 18.2 Å². The van der Waals surface area contributed by atoms with E-state index in [9.17, 15) is 19.7 Å². The number of allylic oxidation sites excluding steroid dienone is 2. The highest BCUT2D eigenvalue weighted by atomic mass is 32.2. The lowest BCUT2D eigenvalue weighted by Crippen LogP contribution is -2.33. The maximum atomic E-state index is 11.9. The van der Waals surface area contributed by atoms with Gasteiger partial charge in [-0.1, -0.05) is 30.1 Å². The lowest BCUT2D eigenvalue weighted by Gasteiger charge is -2.09. The topological polar surface area (TPSA) is 114 Å². The number of carbonyl (C=O) groups is 2. The highest BCUT2D eigenvalue weighted by Crippen LogP contribution is 2.30. The summed E-state index contributed by atoms with van der Waals surface area (Å²) in [6.07, 6.45) is 4.35. The van der Waals surface area contributed by atoms with Gasteiger partial charge in [-0.2, -0.15) is 0 Å². The molecule has 0 radical (unpaired) electrons. The predicted molar refractivity (Wildman–Crippen MR) is 82.0 cm³/mol. The molecule has 114 valence electrons. The Balaban J connectivity index is 2.08. The van der Waals surface area contributed by atoms with Crippen molar-refractivity contribution in [3.05, 3.63) is 45.1 Å². The molecule has 1 aliphatic heterocycles. The molecular weight excluding hydrogens is 332 g/mol. The predicted octanol–water partition coefficient (Wildman–Crippen LogP) is 2.03. The molecule has 10 heteroatoms. The first-order valence-corrected chi connectivity index (χ1v) is 6.99. The smallest absolute Gasteiger partial charge is 0.433 e. The number of rotatable bonds is 5. The third kappa shape index (κ3) is 3.59. The Morgan fingerprint density at radius 2 is 2.27 bits per heavy atom. The number of hydrogen-bond donors (Lipinski definition) is 1. The number of amides is 1. The van der Waals surface area contributed by atoms with Gasteiger partial charge in [0, 0.05) is 0 Å². The minimum atomic E-state index is -1.16. The van der Waals surface area contributed by atoms with Crippen molar-refractivity contribution in [3.63, 3.8) is 0 Å². The number of hydrogen-bond acceptors (Lipinski definition) is 7. The first kappa shape index (κ1) is 15.9. The molecule has 1 aromatic rings. The zero-order chi connectivity index (χ0) is 16.3. The van der Waals surface area contributed by atoms with Gasteiger partial charge in [0.1, 0.15) is 21.5 Å². The number of aliphatic carboxylic acids is 1. The molecule has 0 spiro atoms. The number of nitrogens with zero attached hydrogens (tertiary/aromatic N) is 2. The average Bonchev–Trinajstić information content (AvgIpc) is 3.00. The van der Waals surface area contributed by atoms with Crippen LogP contribution < -0.4 is 0 Å². The highest BCUT2D eigenvalue weighted by molar-refractivity contribution is 8.26. The number of thioether (sulfide) groups is 1. The van der Waals surface area contributed by atoms with E-state index in [0.29, 0.717) is 0 Å². The quantitative estimate of drug-likeness (QED) is 0.375. The lowest BCUT2D eigenvalue weighted by molar-refractivity contribution is -0.402. The van der Waals surface area contributed by atoms with Gasteiger partial charge in [0.25, 0.3) is 5.91 Å². The second-order valence-corrected chi connectivity index (χ2v) is 5.65. The van der Waals surface area contributed by atoms with Gasteiger partial charge in [0.05, 0.1) is 11.0 Å². The summed E-state index contributed by atoms with van der Waals surface area (Å²) in [5, 5.41) is 19.2. The summed E-state index contributed by atoms with van der Waals surface area (Å²) in [5.41, 5.74) is 0. The van der Waals surface area contributed by atoms with Crippen molar-refractivity contribution in [2.24, 2.45) is 0 Å². The molecule has 1 saturated heterocycles. The maximum Gasteiger partial charge on any atom is 0.433 e. The fraction of sp³-hybridized carbons (Fsp3) is 0.0833. The van der Waals surface area contributed by atoms with Crippen LogP contribution >= 0.6 is 24.0 Å². The molecule has 2 heterocycles. The van der Waals surface area contributed by atoms with Crippen LogP contribution in [-0.4, -0.2) is 37.7 Å². The molecule has 1 amide bonds. The molecule has 0 aliphatic carbocycles. The number of nitro groups is 1. The normalized spacial score (nSPS) is 16.9. The van der Waals surface area contributed by atoms with Crippen LogP contribution in [0.2, 0.25) is 0 Å². The zero-order valence-corrected chi connectivity index (χ0v) is 12.4. The molecule has 1 aliphatic rings. The molecule has 2 rings (SSSR count). The van der Waals surface area contributed by atoms with Crippen LogP contribution in [0.3, 0.4) is 0 Å². The number of carboxylic acid groups (broad SMARTS) is 1. The van der Waals surface area contributed by atoms with E-state index < -0.39 is 23.3 Å². The van der Waals surface area contributed by atoms with Gasteiger partial charge in [-0.15, -0.1) is 0 Å². The summed E-state index contributed by atoms with van der Waals surface area (Å²) in [4.78, 5) is 33.6. The van der Waals surface area contributed by atoms with Gasteiger partial charge in [0.2, 0.25) is 0 Å². The largest absolute Gasteiger partial charge is 0.480 e. The molecule has 1 fully saturated rings. The van der Waals surface area contributed by atoms with Crippen LogP contribution in [0.4, 0.5) is 5.88 Å². The molecule has 0 bridgehead atoms. The van der Waals surface area contributed by atoms with Crippen LogP contribution in [-0.2, 0) is 9.59 Å². The Morgan fingerprint density at radius 3 is 2.86 bits per heavy atom. The van der Waals surface area contributed by atoms with Crippen LogP contribution in [0, 0.1) is 10.1 Å². The Bertz CT molecular complexity index is 721. The van der Waals surface area contributed by atoms with Crippen molar-refractivity contribution in [2.45, 2.75) is 0 Å². The van der Waals surface area contributed by atoms with Crippen molar-refractivity contribution in [1.82, 2.24) is 4.90 Å². The van der Waals surface area contributed by atoms with E-state index in [1.54, 1.807) is 0 Å². The van der Waals surface area contributed by atoms with E-state index in [2.05, 4.69) is 0 Å². The van der Waals surface area contributed by atoms with Gasteiger partial charge in [0.15, 0.2) is 0 Å². The minimum absolute atomic E-state index is 0.167. The Morgan fingerprint density at radius 1 is 1.55 bits per heavy atom. The summed E-state index contributed by atoms with van der Waals surface area (Å²) in [6.45, 7) is -0.490. The van der Waals surface area contributed by atoms with E-state index in [1.807, 2.05) is 0 Å². The van der Waals surface area contributed by atoms with Gasteiger partial charge < -0.3 is 9.52 Å². The van der Waals surface area contributed by atoms with Crippen LogP contribution in [0.15, 0.2) is 33.6 Å². The second kappa shape index (κ2) is 6.54. The molecule has 0 atom stereocenters. The number of thiocarbonyl (C=S) groups is 1. The van der Waals surface area contributed by atoms with Gasteiger partial charge >= 0.3 is 11.9 Å². The summed E-state index contributed by atoms with van der Waals surface area (Å²) in [7, 11) is 0. The zero-order valence-electron chi connectivity index (χ0n) is 10.8. The molecule has 1 aromatic heterocycles. The summed E-state index contributed by atoms with van der Waals surface area (Å²) < 4.78 is 5.08. The molecule has 0 unspecified atom stereocenters. The average molecular weight is 340 g/mol. The fourth-order valence-electron chi connectivity index (χ4n) is 1.55. The third-order valence-corrected chi connectivity index (χ3v) is 3.86. The number of furan rings is 1. The third-order valence-electron chi connectivity index (χ3n) is 2.47. The Kier molecular flexibility index (Phi) is 4.73. The number of carbonyl (C=O) groups excluding carboxylic acids is 1. The molecule has 0 saturated carbocycles. The van der Waals surface area contributed by atoms with E-state index in [-0.39, 0.29) is 20.9 Å². The van der Waals surface area contributed by atoms with Crippen molar-refractivity contribution in [1.29, 1.82) is 0 Å². The Labute approximate surface area is 133 Å². The van der Waals surface area contributed by atoms with E-state index in [0.717, 1.165) is 16.7 Å². The van der Waals surface area contributed by atoms with E-state index in [4.69, 9.17) is 21.7 Å². The van der Waals surface area contributed by atoms with Crippen LogP contribution in [0.5, 0.6) is 0 Å². The van der Waals surface area contributed by atoms with Gasteiger partial charge in [-0.25, -0.2) is 0 Å². The molecule has 22 heavy (non-hydrogen) atoms. The first-order valence-electron chi connectivity index (χ1n) is 5.76. The van der Waals surface area contributed by atoms with Crippen LogP contribution in [0.1, 0.15) is 5.76 Å². The van der Waals surface area contributed by atoms with Crippen molar-refractivity contribution >= 4 is 52.1 Å². The molecule has 8 nitrogen and oxygen atoms in total. The highest BCUT2D eigenvalue weighted by Gasteiger charge is 2.32. The summed E-state index contributed by atoms with van der Waals surface area (Å²) >= 11 is 5.92. The van der Waals surface area contributed by atoms with E-state index in [1.165, 1.54) is 30.4 Å². The number of carboxylic acids is 1. The SMILES string of the molecule is O=C(O)CN1C(=O)C(=CC=Cc2ccc([N+](=O)[O-])o2)SC1=S. The first-order chi connectivity index (χ1) is 10.4. The standard InChI is InChI=1S/C12H8N2O6S2/c15-10(16)6-13-11(17)8(22-12(13)21)3-1-2-7-4-5-9(20-7)14(18)19/h1-5H,6H2,(H,15,16). The van der Waals surface area contributed by atoms with Gasteiger partial charge in [-0.3, -0.25) is 24.6 Å². The molecule has 0 aromatic carbocycles. The summed E-state index contributed by atoms with van der Waals surface area (Å²) in [5.74, 6) is -1.78. The lowest BCUT2D eigenvalue weighted by atomic mass is 10.3. The van der Waals surface area contributed by atoms with Crippen molar-refractivity contribution < 1.29 is 24.0 Å². The summed E-state index contributed by atoms with van der Waals surface area (Å²) in [6, 6.07) is 2.63. The van der Waals surface area contributed by atoms with E-state index >= 15 is 0 Å². The van der Waals surface area contributed by atoms with Crippen molar-refractivity contribution in [3.8, 4) is 0 Å². The minimum Gasteiger partial charge on any atom is -0.480 e.